The monoisotopic (exact) mass is 422 g/mol. The van der Waals surface area contributed by atoms with Gasteiger partial charge in [0.05, 0.1) is 5.69 Å². The van der Waals surface area contributed by atoms with Crippen LogP contribution in [0.4, 0.5) is 5.69 Å². The van der Waals surface area contributed by atoms with E-state index in [4.69, 9.17) is 4.52 Å². The molecule has 0 aliphatic carbocycles. The van der Waals surface area contributed by atoms with Crippen molar-refractivity contribution in [1.29, 1.82) is 0 Å². The van der Waals surface area contributed by atoms with Gasteiger partial charge in [-0.25, -0.2) is 4.79 Å². The largest absolute Gasteiger partial charge is 0.508 e. The number of aromatic nitrogens is 2. The van der Waals surface area contributed by atoms with E-state index in [-0.39, 0.29) is 80.7 Å². The van der Waals surface area contributed by atoms with Gasteiger partial charge in [0, 0.05) is 94.8 Å². The number of anilines is 1. The fourth-order valence-corrected chi connectivity index (χ4v) is 2.81. The molecule has 8 nitrogen and oxygen atoms in total. The number of benzene rings is 1. The molecule has 147 valence electrons. The van der Waals surface area contributed by atoms with Crippen LogP contribution in [0.1, 0.15) is 35.9 Å². The van der Waals surface area contributed by atoms with Crippen molar-refractivity contribution in [2.24, 2.45) is 0 Å². The first-order chi connectivity index (χ1) is 13.5. The number of aryl methyl sites for hydroxylation is 2. The summed E-state index contributed by atoms with van der Waals surface area (Å²) in [4.78, 5) is 23.6. The van der Waals surface area contributed by atoms with Gasteiger partial charge >= 0.3 is 5.97 Å². The summed E-state index contributed by atoms with van der Waals surface area (Å²) in [5, 5.41) is 25.3. The fraction of sp³-hybridized carbons (Fsp3) is 0.250. The number of amides is 1. The number of aromatic hydroxyl groups is 1. The number of phenolic OH excluding ortho intramolecular Hbond substituents is 1. The van der Waals surface area contributed by atoms with E-state index >= 15 is 0 Å². The average Bonchev–Trinajstić information content (AvgIpc) is 3.28. The van der Waals surface area contributed by atoms with Crippen molar-refractivity contribution >= 4 is 68.9 Å². The van der Waals surface area contributed by atoms with Gasteiger partial charge in [0.1, 0.15) is 22.8 Å². The Morgan fingerprint density at radius 3 is 2.59 bits per heavy atom. The molecule has 0 spiro atoms. The predicted molar refractivity (Wildman–Crippen MR) is 108 cm³/mol. The summed E-state index contributed by atoms with van der Waals surface area (Å²) in [6.07, 6.45) is 4.46. The molecular weight excluding hydrogens is 401 g/mol. The molecular formula is C20H21KN3O5. The standard InChI is InChI=1S/C20H21N3O5.K/c1-2-9-23-11-16(20(26)27)18(12-23)21-19(25)8-7-15-10-17(22-28-15)13-3-5-14(24)6-4-13;/h3-6,10-12,24H,2,7-9H2,1H3,(H,21,25)(H,26,27);. The van der Waals surface area contributed by atoms with Crippen molar-refractivity contribution in [2.75, 3.05) is 5.32 Å². The summed E-state index contributed by atoms with van der Waals surface area (Å²) in [5.74, 6) is -0.684. The number of nitrogens with zero attached hydrogens (tertiary/aromatic N) is 2. The van der Waals surface area contributed by atoms with Gasteiger partial charge in [-0.2, -0.15) is 0 Å². The molecule has 29 heavy (non-hydrogen) atoms. The van der Waals surface area contributed by atoms with Crippen LogP contribution in [-0.4, -0.2) is 83.2 Å². The predicted octanol–water partition coefficient (Wildman–Crippen LogP) is 3.15. The zero-order valence-corrected chi connectivity index (χ0v) is 19.5. The first-order valence-electron chi connectivity index (χ1n) is 8.94. The Labute approximate surface area is 210 Å². The zero-order valence-electron chi connectivity index (χ0n) is 16.4. The van der Waals surface area contributed by atoms with E-state index in [1.165, 1.54) is 6.20 Å². The quantitative estimate of drug-likeness (QED) is 0.480. The Hall–Kier alpha value is -1.91. The zero-order chi connectivity index (χ0) is 20.1. The Balaban J connectivity index is 0.00000300. The minimum absolute atomic E-state index is 0. The van der Waals surface area contributed by atoms with E-state index in [1.54, 1.807) is 41.1 Å². The first-order valence-corrected chi connectivity index (χ1v) is 8.94. The summed E-state index contributed by atoms with van der Waals surface area (Å²) in [7, 11) is 0. The van der Waals surface area contributed by atoms with Crippen LogP contribution in [0.15, 0.2) is 47.2 Å². The second-order valence-corrected chi connectivity index (χ2v) is 6.40. The van der Waals surface area contributed by atoms with Crippen molar-refractivity contribution in [2.45, 2.75) is 32.7 Å². The van der Waals surface area contributed by atoms with Crippen molar-refractivity contribution in [1.82, 2.24) is 9.72 Å². The molecule has 0 aliphatic rings. The number of aromatic carboxylic acids is 1. The summed E-state index contributed by atoms with van der Waals surface area (Å²) in [6, 6.07) is 8.29. The van der Waals surface area contributed by atoms with Gasteiger partial charge < -0.3 is 24.6 Å². The van der Waals surface area contributed by atoms with Crippen molar-refractivity contribution in [3.63, 3.8) is 0 Å². The van der Waals surface area contributed by atoms with Crippen LogP contribution in [-0.2, 0) is 17.8 Å². The van der Waals surface area contributed by atoms with Crippen LogP contribution in [0, 0.1) is 0 Å². The number of phenols is 1. The van der Waals surface area contributed by atoms with E-state index in [0.717, 1.165) is 12.0 Å². The smallest absolute Gasteiger partial charge is 0.339 e. The minimum Gasteiger partial charge on any atom is -0.508 e. The number of carboxylic acids is 1. The third-order valence-corrected chi connectivity index (χ3v) is 4.19. The van der Waals surface area contributed by atoms with Gasteiger partial charge in [-0.3, -0.25) is 4.79 Å². The van der Waals surface area contributed by atoms with E-state index in [1.807, 2.05) is 6.92 Å². The molecule has 1 radical (unpaired) electrons. The summed E-state index contributed by atoms with van der Waals surface area (Å²) >= 11 is 0. The molecule has 0 atom stereocenters. The number of hydrogen-bond acceptors (Lipinski definition) is 5. The van der Waals surface area contributed by atoms with Gasteiger partial charge in [-0.1, -0.05) is 12.1 Å². The van der Waals surface area contributed by atoms with Crippen LogP contribution in [0.2, 0.25) is 0 Å². The van der Waals surface area contributed by atoms with Crippen LogP contribution in [0.3, 0.4) is 0 Å². The Morgan fingerprint density at radius 1 is 1.21 bits per heavy atom. The molecule has 0 saturated carbocycles. The van der Waals surface area contributed by atoms with Crippen LogP contribution < -0.4 is 5.32 Å². The normalized spacial score (nSPS) is 10.4. The number of carbonyl (C=O) groups is 2. The van der Waals surface area contributed by atoms with Crippen LogP contribution in [0.5, 0.6) is 5.75 Å². The number of nitrogens with one attached hydrogen (secondary N) is 1. The SMILES string of the molecule is CCCn1cc(NC(=O)CCc2cc(-c3ccc(O)cc3)no2)c(C(=O)O)c1.[K]. The Kier molecular flexibility index (Phi) is 8.66. The van der Waals surface area contributed by atoms with E-state index in [2.05, 4.69) is 10.5 Å². The van der Waals surface area contributed by atoms with Gasteiger partial charge in [0.15, 0.2) is 0 Å². The molecule has 3 rings (SSSR count). The van der Waals surface area contributed by atoms with Crippen LogP contribution >= 0.6 is 0 Å². The molecule has 0 bridgehead atoms. The molecule has 3 aromatic rings. The van der Waals surface area contributed by atoms with E-state index in [9.17, 15) is 19.8 Å². The van der Waals surface area contributed by atoms with Gasteiger partial charge in [0.2, 0.25) is 5.91 Å². The maximum Gasteiger partial charge on any atom is 0.339 e. The van der Waals surface area contributed by atoms with Gasteiger partial charge in [-0.05, 0) is 30.7 Å². The first kappa shape index (κ1) is 23.4. The van der Waals surface area contributed by atoms with Gasteiger partial charge in [0.25, 0.3) is 0 Å². The topological polar surface area (TPSA) is 118 Å². The molecule has 0 saturated heterocycles. The van der Waals surface area contributed by atoms with Gasteiger partial charge in [-0.15, -0.1) is 0 Å². The Morgan fingerprint density at radius 2 is 1.93 bits per heavy atom. The molecule has 0 unspecified atom stereocenters. The summed E-state index contributed by atoms with van der Waals surface area (Å²) in [6.45, 7) is 2.66. The fourth-order valence-electron chi connectivity index (χ4n) is 2.81. The minimum atomic E-state index is -1.08. The second-order valence-electron chi connectivity index (χ2n) is 6.40. The molecule has 1 amide bonds. The second kappa shape index (κ2) is 10.7. The average molecular weight is 423 g/mol. The molecule has 9 heteroatoms. The van der Waals surface area contributed by atoms with E-state index < -0.39 is 5.97 Å². The number of hydrogen-bond donors (Lipinski definition) is 3. The Bertz CT molecular complexity index is 978. The summed E-state index contributed by atoms with van der Waals surface area (Å²) < 4.78 is 7.01. The van der Waals surface area contributed by atoms with E-state index in [0.29, 0.717) is 24.4 Å². The number of rotatable bonds is 8. The summed E-state index contributed by atoms with van der Waals surface area (Å²) in [5.41, 5.74) is 1.75. The molecule has 2 aromatic heterocycles. The molecule has 2 heterocycles. The number of carboxylic acid groups (broad SMARTS) is 1. The molecule has 0 fully saturated rings. The number of carbonyl (C=O) groups excluding carboxylic acids is 1. The van der Waals surface area contributed by atoms with Crippen molar-refractivity contribution in [3.05, 3.63) is 54.0 Å². The molecule has 0 aliphatic heterocycles. The maximum atomic E-state index is 12.2. The molecule has 1 aromatic carbocycles. The molecule has 3 N–H and O–H groups in total. The maximum absolute atomic E-state index is 12.2. The van der Waals surface area contributed by atoms with Crippen molar-refractivity contribution in [3.8, 4) is 17.0 Å². The third-order valence-electron chi connectivity index (χ3n) is 4.19. The third kappa shape index (κ3) is 6.28. The van der Waals surface area contributed by atoms with Crippen molar-refractivity contribution < 1.29 is 24.3 Å². The van der Waals surface area contributed by atoms with Crippen LogP contribution in [0.25, 0.3) is 11.3 Å².